The molecule has 2 aromatic rings. The Hall–Kier alpha value is -1.13. The number of nitrogens with zero attached hydrogens (tertiary/aromatic N) is 2. The molecule has 0 atom stereocenters. The molecule has 0 radical (unpaired) electrons. The fourth-order valence-electron chi connectivity index (χ4n) is 2.80. The first-order chi connectivity index (χ1) is 10.0. The number of fused-ring (bicyclic) bond motifs is 1. The monoisotopic (exact) mass is 322 g/mol. The van der Waals surface area contributed by atoms with Gasteiger partial charge in [0.1, 0.15) is 0 Å². The van der Waals surface area contributed by atoms with Gasteiger partial charge in [0.15, 0.2) is 0 Å². The van der Waals surface area contributed by atoms with E-state index in [2.05, 4.69) is 0 Å². The maximum atomic E-state index is 12.0. The number of carbonyl (C=O) groups excluding carboxylic acids is 1. The van der Waals surface area contributed by atoms with E-state index < -0.39 is 0 Å². The van der Waals surface area contributed by atoms with Gasteiger partial charge in [-0.2, -0.15) is 0 Å². The molecule has 1 amide bonds. The number of rotatable bonds is 2. The summed E-state index contributed by atoms with van der Waals surface area (Å²) in [6, 6.07) is 5.88. The molecule has 0 spiro atoms. The minimum atomic E-state index is 0.0890. The summed E-state index contributed by atoms with van der Waals surface area (Å²) in [6.45, 7) is 5.62. The molecular weight excluding hydrogens is 304 g/mol. The molecule has 3 nitrogen and oxygen atoms in total. The SMILES string of the molecule is CC(C)C(=O)N1CCC(c2nc3cc(Cl)ccc3s2)CC1. The predicted molar refractivity (Wildman–Crippen MR) is 88.0 cm³/mol. The maximum Gasteiger partial charge on any atom is 0.225 e. The van der Waals surface area contributed by atoms with Gasteiger partial charge in [-0.25, -0.2) is 4.98 Å². The Morgan fingerprint density at radius 1 is 1.38 bits per heavy atom. The fourth-order valence-corrected chi connectivity index (χ4v) is 4.09. The van der Waals surface area contributed by atoms with Crippen molar-refractivity contribution < 1.29 is 4.79 Å². The van der Waals surface area contributed by atoms with E-state index in [4.69, 9.17) is 16.6 Å². The van der Waals surface area contributed by atoms with Crippen LogP contribution in [0.3, 0.4) is 0 Å². The number of benzene rings is 1. The highest BCUT2D eigenvalue weighted by Gasteiger charge is 2.26. The summed E-state index contributed by atoms with van der Waals surface area (Å²) in [6.07, 6.45) is 2.01. The largest absolute Gasteiger partial charge is 0.342 e. The number of amides is 1. The van der Waals surface area contributed by atoms with Crippen molar-refractivity contribution >= 4 is 39.1 Å². The molecular formula is C16H19ClN2OS. The molecule has 21 heavy (non-hydrogen) atoms. The Balaban J connectivity index is 1.72. The van der Waals surface area contributed by atoms with E-state index in [1.54, 1.807) is 11.3 Å². The van der Waals surface area contributed by atoms with Crippen LogP contribution in [0.4, 0.5) is 0 Å². The number of carbonyl (C=O) groups is 1. The second-order valence-electron chi connectivity index (χ2n) is 5.92. The van der Waals surface area contributed by atoms with Crippen molar-refractivity contribution in [3.05, 3.63) is 28.2 Å². The van der Waals surface area contributed by atoms with Crippen molar-refractivity contribution in [3.8, 4) is 0 Å². The van der Waals surface area contributed by atoms with Gasteiger partial charge in [0.05, 0.1) is 15.2 Å². The minimum Gasteiger partial charge on any atom is -0.342 e. The van der Waals surface area contributed by atoms with E-state index in [0.29, 0.717) is 5.92 Å². The Kier molecular flexibility index (Phi) is 4.18. The standard InChI is InChI=1S/C16H19ClN2OS/c1-10(2)16(20)19-7-5-11(6-8-19)15-18-13-9-12(17)3-4-14(13)21-15/h3-4,9-11H,5-8H2,1-2H3. The predicted octanol–water partition coefficient (Wildman–Crippen LogP) is 4.31. The first-order valence-corrected chi connectivity index (χ1v) is 8.59. The zero-order valence-electron chi connectivity index (χ0n) is 12.3. The van der Waals surface area contributed by atoms with Crippen molar-refractivity contribution in [1.82, 2.24) is 9.88 Å². The molecule has 0 N–H and O–H groups in total. The fraction of sp³-hybridized carbons (Fsp3) is 0.500. The van der Waals surface area contributed by atoms with Gasteiger partial charge in [-0.05, 0) is 31.0 Å². The maximum absolute atomic E-state index is 12.0. The summed E-state index contributed by atoms with van der Waals surface area (Å²) in [5.41, 5.74) is 0.989. The van der Waals surface area contributed by atoms with Crippen LogP contribution in [0.2, 0.25) is 5.02 Å². The van der Waals surface area contributed by atoms with E-state index in [9.17, 15) is 4.79 Å². The molecule has 0 bridgehead atoms. The van der Waals surface area contributed by atoms with Gasteiger partial charge in [-0.3, -0.25) is 4.79 Å². The molecule has 0 unspecified atom stereocenters. The number of hydrogen-bond acceptors (Lipinski definition) is 3. The number of likely N-dealkylation sites (tertiary alicyclic amines) is 1. The molecule has 5 heteroatoms. The van der Waals surface area contributed by atoms with Crippen LogP contribution in [0, 0.1) is 5.92 Å². The van der Waals surface area contributed by atoms with Crippen LogP contribution in [-0.4, -0.2) is 28.9 Å². The van der Waals surface area contributed by atoms with Crippen molar-refractivity contribution in [2.75, 3.05) is 13.1 Å². The van der Waals surface area contributed by atoms with Crippen molar-refractivity contribution in [3.63, 3.8) is 0 Å². The molecule has 3 rings (SSSR count). The average molecular weight is 323 g/mol. The Bertz CT molecular complexity index is 659. The van der Waals surface area contributed by atoms with E-state index in [0.717, 1.165) is 36.5 Å². The highest BCUT2D eigenvalue weighted by molar-refractivity contribution is 7.18. The van der Waals surface area contributed by atoms with E-state index in [-0.39, 0.29) is 11.8 Å². The van der Waals surface area contributed by atoms with E-state index >= 15 is 0 Å². The molecule has 1 aliphatic heterocycles. The van der Waals surface area contributed by atoms with Gasteiger partial charge < -0.3 is 4.90 Å². The number of thiazole rings is 1. The number of halogens is 1. The van der Waals surface area contributed by atoms with E-state index in [1.165, 1.54) is 9.71 Å². The highest BCUT2D eigenvalue weighted by atomic mass is 35.5. The molecule has 1 fully saturated rings. The zero-order valence-corrected chi connectivity index (χ0v) is 13.9. The average Bonchev–Trinajstić information content (AvgIpc) is 2.89. The summed E-state index contributed by atoms with van der Waals surface area (Å²) in [7, 11) is 0. The molecule has 1 aliphatic rings. The molecule has 0 saturated carbocycles. The lowest BCUT2D eigenvalue weighted by atomic mass is 9.96. The van der Waals surface area contributed by atoms with E-state index in [1.807, 2.05) is 36.9 Å². The first-order valence-electron chi connectivity index (χ1n) is 7.39. The van der Waals surface area contributed by atoms with Crippen molar-refractivity contribution in [1.29, 1.82) is 0 Å². The van der Waals surface area contributed by atoms with Crippen LogP contribution in [0.1, 0.15) is 37.6 Å². The Morgan fingerprint density at radius 3 is 2.76 bits per heavy atom. The second kappa shape index (κ2) is 5.93. The van der Waals surface area contributed by atoms with Crippen LogP contribution >= 0.6 is 22.9 Å². The topological polar surface area (TPSA) is 33.2 Å². The first kappa shape index (κ1) is 14.8. The van der Waals surface area contributed by atoms with Crippen molar-refractivity contribution in [2.24, 2.45) is 5.92 Å². The van der Waals surface area contributed by atoms with Crippen LogP contribution in [0.25, 0.3) is 10.2 Å². The molecule has 112 valence electrons. The highest BCUT2D eigenvalue weighted by Crippen LogP contribution is 2.34. The third-order valence-corrected chi connectivity index (χ3v) is 5.45. The summed E-state index contributed by atoms with van der Waals surface area (Å²) in [5, 5.41) is 1.92. The van der Waals surface area contributed by atoms with Gasteiger partial charge in [-0.15, -0.1) is 11.3 Å². The zero-order chi connectivity index (χ0) is 15.0. The molecule has 1 aromatic heterocycles. The summed E-state index contributed by atoms with van der Waals surface area (Å²) in [5.74, 6) is 0.827. The Labute approximate surface area is 133 Å². The lowest BCUT2D eigenvalue weighted by Crippen LogP contribution is -2.40. The summed E-state index contributed by atoms with van der Waals surface area (Å²) >= 11 is 7.77. The van der Waals surface area contributed by atoms with Crippen LogP contribution in [0.5, 0.6) is 0 Å². The Morgan fingerprint density at radius 2 is 2.10 bits per heavy atom. The van der Waals surface area contributed by atoms with Gasteiger partial charge in [0, 0.05) is 29.9 Å². The lowest BCUT2D eigenvalue weighted by molar-refractivity contribution is -0.135. The number of hydrogen-bond donors (Lipinski definition) is 0. The van der Waals surface area contributed by atoms with Gasteiger partial charge in [-0.1, -0.05) is 25.4 Å². The lowest BCUT2D eigenvalue weighted by Gasteiger charge is -2.32. The second-order valence-corrected chi connectivity index (χ2v) is 7.42. The smallest absolute Gasteiger partial charge is 0.225 e. The van der Waals surface area contributed by atoms with Crippen LogP contribution in [0.15, 0.2) is 18.2 Å². The van der Waals surface area contributed by atoms with Crippen LogP contribution < -0.4 is 0 Å². The third-order valence-electron chi connectivity index (χ3n) is 4.02. The molecule has 1 saturated heterocycles. The molecule has 1 aromatic carbocycles. The van der Waals surface area contributed by atoms with Crippen LogP contribution in [-0.2, 0) is 4.79 Å². The van der Waals surface area contributed by atoms with Gasteiger partial charge >= 0.3 is 0 Å². The molecule has 0 aliphatic carbocycles. The normalized spacial score (nSPS) is 16.9. The van der Waals surface area contributed by atoms with Gasteiger partial charge in [0.25, 0.3) is 0 Å². The van der Waals surface area contributed by atoms with Gasteiger partial charge in [0.2, 0.25) is 5.91 Å². The summed E-state index contributed by atoms with van der Waals surface area (Å²) < 4.78 is 1.19. The minimum absolute atomic E-state index is 0.0890. The van der Waals surface area contributed by atoms with Crippen molar-refractivity contribution in [2.45, 2.75) is 32.6 Å². The number of aromatic nitrogens is 1. The third kappa shape index (κ3) is 3.06. The number of piperidine rings is 1. The summed E-state index contributed by atoms with van der Waals surface area (Å²) in [4.78, 5) is 18.7. The quantitative estimate of drug-likeness (QED) is 0.825. The molecule has 2 heterocycles.